The minimum Gasteiger partial charge on any atom is -0.412 e. The highest BCUT2D eigenvalue weighted by atomic mass is 35.5. The van der Waals surface area contributed by atoms with E-state index in [2.05, 4.69) is 5.32 Å². The summed E-state index contributed by atoms with van der Waals surface area (Å²) >= 11 is 11.5. The van der Waals surface area contributed by atoms with Crippen LogP contribution in [0.25, 0.3) is 0 Å². The fourth-order valence-electron chi connectivity index (χ4n) is 0.809. The highest BCUT2D eigenvalue weighted by molar-refractivity contribution is 6.42. The molecule has 1 aromatic rings. The molecule has 0 unspecified atom stereocenters. The Balaban J connectivity index is 0.00000196. The molecule has 0 radical (unpaired) electrons. The number of nitrogens with zero attached hydrogens (tertiary/aromatic N) is 1. The molecule has 0 saturated heterocycles. The van der Waals surface area contributed by atoms with E-state index < -0.39 is 0 Å². The van der Waals surface area contributed by atoms with E-state index in [0.29, 0.717) is 15.7 Å². The smallest absolute Gasteiger partial charge is 0.321 e. The SMILES string of the molecule is CN(C)C(=O)Nc1ccc(Cl)c(Cl)c1.O. The molecular formula is C9H12Cl2N2O2. The summed E-state index contributed by atoms with van der Waals surface area (Å²) in [7, 11) is 3.32. The molecule has 0 fully saturated rings. The molecule has 0 aliphatic carbocycles. The average molecular weight is 251 g/mol. The summed E-state index contributed by atoms with van der Waals surface area (Å²) in [5.41, 5.74) is 0.623. The lowest BCUT2D eigenvalue weighted by Gasteiger charge is -2.12. The molecular weight excluding hydrogens is 239 g/mol. The Morgan fingerprint density at radius 3 is 2.33 bits per heavy atom. The van der Waals surface area contributed by atoms with Crippen molar-refractivity contribution < 1.29 is 10.3 Å². The van der Waals surface area contributed by atoms with Crippen LogP contribution >= 0.6 is 23.2 Å². The maximum absolute atomic E-state index is 11.2. The third kappa shape index (κ3) is 3.95. The summed E-state index contributed by atoms with van der Waals surface area (Å²) in [6.07, 6.45) is 0. The Hall–Kier alpha value is -0.970. The van der Waals surface area contributed by atoms with Gasteiger partial charge in [-0.25, -0.2) is 4.79 Å². The first kappa shape index (κ1) is 14.0. The Bertz CT molecular complexity index is 356. The van der Waals surface area contributed by atoms with Gasteiger partial charge in [0.1, 0.15) is 0 Å². The fourth-order valence-corrected chi connectivity index (χ4v) is 1.11. The van der Waals surface area contributed by atoms with Crippen LogP contribution in [0.1, 0.15) is 0 Å². The van der Waals surface area contributed by atoms with Gasteiger partial charge in [0.25, 0.3) is 0 Å². The Morgan fingerprint density at radius 2 is 1.87 bits per heavy atom. The van der Waals surface area contributed by atoms with Crippen LogP contribution < -0.4 is 5.32 Å². The molecule has 0 saturated carbocycles. The van der Waals surface area contributed by atoms with Crippen LogP contribution in [0.2, 0.25) is 10.0 Å². The molecule has 2 amide bonds. The van der Waals surface area contributed by atoms with Crippen LogP contribution in [0.15, 0.2) is 18.2 Å². The molecule has 0 spiro atoms. The molecule has 1 rings (SSSR count). The van der Waals surface area contributed by atoms with Gasteiger partial charge in [-0.05, 0) is 18.2 Å². The molecule has 15 heavy (non-hydrogen) atoms. The van der Waals surface area contributed by atoms with Gasteiger partial charge in [0.15, 0.2) is 0 Å². The van der Waals surface area contributed by atoms with Crippen molar-refractivity contribution in [1.29, 1.82) is 0 Å². The van der Waals surface area contributed by atoms with Crippen molar-refractivity contribution in [2.45, 2.75) is 0 Å². The highest BCUT2D eigenvalue weighted by Gasteiger charge is 2.05. The molecule has 0 heterocycles. The zero-order chi connectivity index (χ0) is 10.7. The average Bonchev–Trinajstić information content (AvgIpc) is 2.11. The van der Waals surface area contributed by atoms with Crippen molar-refractivity contribution in [3.05, 3.63) is 28.2 Å². The summed E-state index contributed by atoms with van der Waals surface area (Å²) < 4.78 is 0. The molecule has 0 atom stereocenters. The number of rotatable bonds is 1. The normalized spacial score (nSPS) is 9.07. The molecule has 0 aromatic heterocycles. The number of hydrogen-bond acceptors (Lipinski definition) is 1. The van der Waals surface area contributed by atoms with E-state index in [4.69, 9.17) is 23.2 Å². The molecule has 4 nitrogen and oxygen atoms in total. The summed E-state index contributed by atoms with van der Waals surface area (Å²) in [6, 6.07) is 4.72. The second-order valence-electron chi connectivity index (χ2n) is 2.95. The molecule has 6 heteroatoms. The third-order valence-electron chi connectivity index (χ3n) is 1.58. The van der Waals surface area contributed by atoms with Crippen molar-refractivity contribution in [1.82, 2.24) is 4.90 Å². The predicted molar refractivity (Wildman–Crippen MR) is 62.8 cm³/mol. The zero-order valence-corrected chi connectivity index (χ0v) is 9.86. The quantitative estimate of drug-likeness (QED) is 0.817. The maximum atomic E-state index is 11.2. The molecule has 1 aromatic carbocycles. The maximum Gasteiger partial charge on any atom is 0.321 e. The van der Waals surface area contributed by atoms with E-state index in [-0.39, 0.29) is 11.5 Å². The van der Waals surface area contributed by atoms with Crippen LogP contribution in [0.4, 0.5) is 10.5 Å². The number of urea groups is 1. The van der Waals surface area contributed by atoms with Crippen LogP contribution in [0, 0.1) is 0 Å². The number of halogens is 2. The standard InChI is InChI=1S/C9H10Cl2N2O.H2O/c1-13(2)9(14)12-6-3-4-7(10)8(11)5-6;/h3-5H,1-2H3,(H,12,14);1H2. The van der Waals surface area contributed by atoms with Gasteiger partial charge in [0, 0.05) is 19.8 Å². The number of benzene rings is 1. The molecule has 0 aliphatic rings. The third-order valence-corrected chi connectivity index (χ3v) is 2.32. The minimum atomic E-state index is -0.205. The number of nitrogens with one attached hydrogen (secondary N) is 1. The first-order valence-corrected chi connectivity index (χ1v) is 4.69. The Labute approximate surface area is 98.1 Å². The van der Waals surface area contributed by atoms with E-state index in [1.165, 1.54) is 4.90 Å². The molecule has 84 valence electrons. The van der Waals surface area contributed by atoms with Gasteiger partial charge in [0.2, 0.25) is 0 Å². The van der Waals surface area contributed by atoms with Crippen LogP contribution in [-0.2, 0) is 0 Å². The predicted octanol–water partition coefficient (Wildman–Crippen LogP) is 2.26. The van der Waals surface area contributed by atoms with Crippen LogP contribution in [-0.4, -0.2) is 30.5 Å². The topological polar surface area (TPSA) is 63.8 Å². The van der Waals surface area contributed by atoms with E-state index in [0.717, 1.165) is 0 Å². The summed E-state index contributed by atoms with van der Waals surface area (Å²) in [5, 5.41) is 3.54. The minimum absolute atomic E-state index is 0. The fraction of sp³-hybridized carbons (Fsp3) is 0.222. The first-order valence-electron chi connectivity index (χ1n) is 3.94. The summed E-state index contributed by atoms with van der Waals surface area (Å²) in [5.74, 6) is 0. The van der Waals surface area contributed by atoms with Crippen molar-refractivity contribution in [3.8, 4) is 0 Å². The van der Waals surface area contributed by atoms with E-state index in [1.807, 2.05) is 0 Å². The van der Waals surface area contributed by atoms with Crippen molar-refractivity contribution in [2.24, 2.45) is 0 Å². The van der Waals surface area contributed by atoms with E-state index in [1.54, 1.807) is 32.3 Å². The number of amides is 2. The van der Waals surface area contributed by atoms with Gasteiger partial charge >= 0.3 is 6.03 Å². The van der Waals surface area contributed by atoms with Gasteiger partial charge in [0.05, 0.1) is 10.0 Å². The highest BCUT2D eigenvalue weighted by Crippen LogP contribution is 2.24. The lowest BCUT2D eigenvalue weighted by Crippen LogP contribution is -2.27. The number of hydrogen-bond donors (Lipinski definition) is 1. The van der Waals surface area contributed by atoms with Gasteiger partial charge < -0.3 is 15.7 Å². The van der Waals surface area contributed by atoms with Crippen molar-refractivity contribution in [3.63, 3.8) is 0 Å². The van der Waals surface area contributed by atoms with Gasteiger partial charge in [-0.2, -0.15) is 0 Å². The molecule has 3 N–H and O–H groups in total. The monoisotopic (exact) mass is 250 g/mol. The van der Waals surface area contributed by atoms with Crippen molar-refractivity contribution >= 4 is 34.9 Å². The van der Waals surface area contributed by atoms with Crippen molar-refractivity contribution in [2.75, 3.05) is 19.4 Å². The largest absolute Gasteiger partial charge is 0.412 e. The van der Waals surface area contributed by atoms with Gasteiger partial charge in [-0.15, -0.1) is 0 Å². The van der Waals surface area contributed by atoms with E-state index >= 15 is 0 Å². The first-order chi connectivity index (χ1) is 6.50. The van der Waals surface area contributed by atoms with Gasteiger partial charge in [-0.1, -0.05) is 23.2 Å². The number of carbonyl (C=O) groups is 1. The Morgan fingerprint density at radius 1 is 1.27 bits per heavy atom. The lowest BCUT2D eigenvalue weighted by molar-refractivity contribution is 0.230. The summed E-state index contributed by atoms with van der Waals surface area (Å²) in [6.45, 7) is 0. The second kappa shape index (κ2) is 5.80. The zero-order valence-electron chi connectivity index (χ0n) is 8.34. The number of anilines is 1. The summed E-state index contributed by atoms with van der Waals surface area (Å²) in [4.78, 5) is 12.7. The molecule has 0 bridgehead atoms. The number of carbonyl (C=O) groups excluding carboxylic acids is 1. The van der Waals surface area contributed by atoms with Gasteiger partial charge in [-0.3, -0.25) is 0 Å². The molecule has 0 aliphatic heterocycles. The lowest BCUT2D eigenvalue weighted by atomic mass is 10.3. The van der Waals surface area contributed by atoms with Crippen LogP contribution in [0.5, 0.6) is 0 Å². The van der Waals surface area contributed by atoms with E-state index in [9.17, 15) is 4.79 Å². The Kier molecular flexibility index (Phi) is 5.43. The second-order valence-corrected chi connectivity index (χ2v) is 3.77. The van der Waals surface area contributed by atoms with Crippen LogP contribution in [0.3, 0.4) is 0 Å².